The first-order chi connectivity index (χ1) is 7.75. The van der Waals surface area contributed by atoms with E-state index in [2.05, 4.69) is 19.2 Å². The highest BCUT2D eigenvalue weighted by molar-refractivity contribution is 4.82. The third kappa shape index (κ3) is 3.46. The summed E-state index contributed by atoms with van der Waals surface area (Å²) in [6.45, 7) is 5.70. The average molecular weight is 225 g/mol. The third-order valence-electron chi connectivity index (χ3n) is 4.25. The zero-order valence-electron chi connectivity index (χ0n) is 10.9. The molecule has 0 bridgehead atoms. The van der Waals surface area contributed by atoms with Crippen LogP contribution in [0.25, 0.3) is 0 Å². The molecule has 0 amide bonds. The maximum atomic E-state index is 5.70. The lowest BCUT2D eigenvalue weighted by Gasteiger charge is -2.32. The summed E-state index contributed by atoms with van der Waals surface area (Å²) in [5.74, 6) is 0.862. The number of ether oxygens (including phenoxy) is 1. The fraction of sp³-hybridized carbons (Fsp3) is 1.00. The molecule has 2 nitrogen and oxygen atoms in total. The van der Waals surface area contributed by atoms with Crippen molar-refractivity contribution in [1.29, 1.82) is 0 Å². The molecule has 1 saturated carbocycles. The van der Waals surface area contributed by atoms with Crippen LogP contribution in [0.1, 0.15) is 58.8 Å². The van der Waals surface area contributed by atoms with Crippen LogP contribution in [0.4, 0.5) is 0 Å². The zero-order valence-corrected chi connectivity index (χ0v) is 10.9. The molecule has 0 aromatic rings. The van der Waals surface area contributed by atoms with E-state index in [1.165, 1.54) is 44.9 Å². The van der Waals surface area contributed by atoms with Gasteiger partial charge in [0.25, 0.3) is 0 Å². The Bertz CT molecular complexity index is 201. The van der Waals surface area contributed by atoms with Crippen LogP contribution in [0, 0.1) is 5.92 Å². The van der Waals surface area contributed by atoms with Crippen LogP contribution in [0.3, 0.4) is 0 Å². The Hall–Kier alpha value is -0.0800. The molecule has 0 spiro atoms. The lowest BCUT2D eigenvalue weighted by atomic mass is 9.85. The Labute approximate surface area is 100 Å². The maximum Gasteiger partial charge on any atom is 0.0590 e. The van der Waals surface area contributed by atoms with Gasteiger partial charge >= 0.3 is 0 Å². The van der Waals surface area contributed by atoms with Gasteiger partial charge in [-0.25, -0.2) is 0 Å². The monoisotopic (exact) mass is 225 g/mol. The minimum absolute atomic E-state index is 0.529. The summed E-state index contributed by atoms with van der Waals surface area (Å²) in [4.78, 5) is 0. The van der Waals surface area contributed by atoms with Gasteiger partial charge in [0.1, 0.15) is 0 Å². The van der Waals surface area contributed by atoms with Crippen LogP contribution in [-0.4, -0.2) is 24.8 Å². The topological polar surface area (TPSA) is 21.3 Å². The molecule has 2 aliphatic rings. The first-order valence-electron chi connectivity index (χ1n) is 7.13. The molecule has 2 heteroatoms. The molecule has 16 heavy (non-hydrogen) atoms. The summed E-state index contributed by atoms with van der Waals surface area (Å²) < 4.78 is 5.70. The van der Waals surface area contributed by atoms with Gasteiger partial charge in [0.15, 0.2) is 0 Å². The minimum atomic E-state index is 0.529. The third-order valence-corrected chi connectivity index (χ3v) is 4.25. The molecule has 1 aliphatic heterocycles. The van der Waals surface area contributed by atoms with Crippen LogP contribution in [0.5, 0.6) is 0 Å². The van der Waals surface area contributed by atoms with Crippen molar-refractivity contribution < 1.29 is 4.74 Å². The maximum absolute atomic E-state index is 5.70. The molecule has 1 N–H and O–H groups in total. The van der Waals surface area contributed by atoms with E-state index >= 15 is 0 Å². The van der Waals surface area contributed by atoms with E-state index in [9.17, 15) is 0 Å². The number of rotatable bonds is 4. The molecule has 1 aliphatic carbocycles. The van der Waals surface area contributed by atoms with Gasteiger partial charge in [-0.2, -0.15) is 0 Å². The van der Waals surface area contributed by atoms with Crippen LogP contribution in [0.15, 0.2) is 0 Å². The van der Waals surface area contributed by atoms with Crippen molar-refractivity contribution in [2.75, 3.05) is 6.61 Å². The lowest BCUT2D eigenvalue weighted by molar-refractivity contribution is 0.0926. The van der Waals surface area contributed by atoms with Gasteiger partial charge in [-0.1, -0.05) is 19.8 Å². The van der Waals surface area contributed by atoms with E-state index in [0.29, 0.717) is 12.1 Å². The van der Waals surface area contributed by atoms with Gasteiger partial charge in [-0.15, -0.1) is 0 Å². The van der Waals surface area contributed by atoms with Gasteiger partial charge in [-0.05, 0) is 44.9 Å². The Morgan fingerprint density at radius 1 is 1.19 bits per heavy atom. The summed E-state index contributed by atoms with van der Waals surface area (Å²) >= 11 is 0. The van der Waals surface area contributed by atoms with E-state index in [1.807, 2.05) is 0 Å². The smallest absolute Gasteiger partial charge is 0.0590 e. The standard InChI is InChI=1S/C14H27NO/c1-11-6-3-4-8-14(11)15-12(2)10-13-7-5-9-16-13/h11-15H,3-10H2,1-2H3. The molecule has 2 fully saturated rings. The second-order valence-electron chi connectivity index (χ2n) is 5.81. The molecule has 4 unspecified atom stereocenters. The highest BCUT2D eigenvalue weighted by Crippen LogP contribution is 2.25. The molecule has 4 atom stereocenters. The van der Waals surface area contributed by atoms with Crippen molar-refractivity contribution >= 4 is 0 Å². The van der Waals surface area contributed by atoms with E-state index in [-0.39, 0.29) is 0 Å². The summed E-state index contributed by atoms with van der Waals surface area (Å²) in [5, 5.41) is 3.82. The number of hydrogen-bond acceptors (Lipinski definition) is 2. The lowest BCUT2D eigenvalue weighted by Crippen LogP contribution is -2.43. The van der Waals surface area contributed by atoms with Crippen LogP contribution >= 0.6 is 0 Å². The fourth-order valence-corrected chi connectivity index (χ4v) is 3.22. The second-order valence-corrected chi connectivity index (χ2v) is 5.81. The largest absolute Gasteiger partial charge is 0.378 e. The zero-order chi connectivity index (χ0) is 11.4. The summed E-state index contributed by atoms with van der Waals surface area (Å²) in [6.07, 6.45) is 9.88. The van der Waals surface area contributed by atoms with Gasteiger partial charge < -0.3 is 10.1 Å². The van der Waals surface area contributed by atoms with Crippen LogP contribution < -0.4 is 5.32 Å². The highest BCUT2D eigenvalue weighted by atomic mass is 16.5. The molecule has 94 valence electrons. The van der Waals surface area contributed by atoms with Crippen molar-refractivity contribution in [2.24, 2.45) is 5.92 Å². The molecular formula is C14H27NO. The molecule has 0 aromatic carbocycles. The quantitative estimate of drug-likeness (QED) is 0.794. The SMILES string of the molecule is CC(CC1CCCO1)NC1CCCCC1C. The van der Waals surface area contributed by atoms with Gasteiger partial charge in [-0.3, -0.25) is 0 Å². The van der Waals surface area contributed by atoms with E-state index in [1.54, 1.807) is 0 Å². The van der Waals surface area contributed by atoms with E-state index < -0.39 is 0 Å². The molecule has 2 rings (SSSR count). The fourth-order valence-electron chi connectivity index (χ4n) is 3.22. The number of nitrogens with one attached hydrogen (secondary N) is 1. The van der Waals surface area contributed by atoms with Gasteiger partial charge in [0.05, 0.1) is 6.10 Å². The van der Waals surface area contributed by atoms with Crippen LogP contribution in [-0.2, 0) is 4.74 Å². The first-order valence-corrected chi connectivity index (χ1v) is 7.13. The Morgan fingerprint density at radius 3 is 2.69 bits per heavy atom. The van der Waals surface area contributed by atoms with Crippen molar-refractivity contribution in [3.8, 4) is 0 Å². The minimum Gasteiger partial charge on any atom is -0.378 e. The van der Waals surface area contributed by atoms with E-state index in [4.69, 9.17) is 4.74 Å². The van der Waals surface area contributed by atoms with Crippen molar-refractivity contribution in [3.05, 3.63) is 0 Å². The summed E-state index contributed by atoms with van der Waals surface area (Å²) in [7, 11) is 0. The molecule has 1 heterocycles. The first kappa shape index (κ1) is 12.4. The molecule has 0 radical (unpaired) electrons. The average Bonchev–Trinajstić information content (AvgIpc) is 2.74. The van der Waals surface area contributed by atoms with E-state index in [0.717, 1.165) is 18.6 Å². The highest BCUT2D eigenvalue weighted by Gasteiger charge is 2.24. The van der Waals surface area contributed by atoms with Crippen molar-refractivity contribution in [2.45, 2.75) is 77.0 Å². The predicted octanol–water partition coefficient (Wildman–Crippen LogP) is 3.11. The molecule has 0 aromatic heterocycles. The van der Waals surface area contributed by atoms with Gasteiger partial charge in [0, 0.05) is 18.7 Å². The second kappa shape index (κ2) is 6.02. The molecule has 1 saturated heterocycles. The summed E-state index contributed by atoms with van der Waals surface area (Å²) in [6, 6.07) is 1.37. The predicted molar refractivity (Wildman–Crippen MR) is 67.6 cm³/mol. The molecular weight excluding hydrogens is 198 g/mol. The van der Waals surface area contributed by atoms with Gasteiger partial charge in [0.2, 0.25) is 0 Å². The normalized spacial score (nSPS) is 37.5. The van der Waals surface area contributed by atoms with Crippen molar-refractivity contribution in [1.82, 2.24) is 5.32 Å². The Morgan fingerprint density at radius 2 is 2.00 bits per heavy atom. The Kier molecular flexibility index (Phi) is 4.66. The summed E-state index contributed by atoms with van der Waals surface area (Å²) in [5.41, 5.74) is 0. The van der Waals surface area contributed by atoms with Crippen molar-refractivity contribution in [3.63, 3.8) is 0 Å². The number of hydrogen-bond donors (Lipinski definition) is 1. The van der Waals surface area contributed by atoms with Crippen LogP contribution in [0.2, 0.25) is 0 Å². The Balaban J connectivity index is 1.70.